The molecule has 0 saturated heterocycles. The molecule has 0 aliphatic heterocycles. The van der Waals surface area contributed by atoms with Gasteiger partial charge in [-0.25, -0.2) is 13.1 Å². The number of nitrogens with one attached hydrogen (secondary N) is 1. The van der Waals surface area contributed by atoms with Crippen LogP contribution < -0.4 is 10.5 Å². The van der Waals surface area contributed by atoms with Gasteiger partial charge in [0.1, 0.15) is 0 Å². The molecule has 2 rings (SSSR count). The first kappa shape index (κ1) is 13.0. The van der Waals surface area contributed by atoms with Gasteiger partial charge in [0.05, 0.1) is 4.90 Å². The Hall–Kier alpha value is -0.430. The second-order valence-electron chi connectivity index (χ2n) is 4.47. The molecule has 1 aromatic rings. The van der Waals surface area contributed by atoms with E-state index in [2.05, 4.69) is 4.72 Å². The molecule has 0 spiro atoms. The van der Waals surface area contributed by atoms with Crippen molar-refractivity contribution in [3.63, 3.8) is 0 Å². The molecule has 6 heteroatoms. The number of hydrogen-bond donors (Lipinski definition) is 2. The van der Waals surface area contributed by atoms with E-state index in [-0.39, 0.29) is 0 Å². The summed E-state index contributed by atoms with van der Waals surface area (Å²) in [6, 6.07) is 1.68. The average Bonchev–Trinajstić information content (AvgIpc) is 2.99. The highest BCUT2D eigenvalue weighted by molar-refractivity contribution is 7.89. The van der Waals surface area contributed by atoms with Gasteiger partial charge in [-0.1, -0.05) is 12.8 Å². The Morgan fingerprint density at radius 1 is 1.53 bits per heavy atom. The minimum Gasteiger partial charge on any atom is -0.326 e. The molecule has 0 atom stereocenters. The molecule has 1 aromatic heterocycles. The summed E-state index contributed by atoms with van der Waals surface area (Å²) >= 11 is 1.45. The fourth-order valence-electron chi connectivity index (χ4n) is 1.77. The Morgan fingerprint density at radius 3 is 2.76 bits per heavy atom. The summed E-state index contributed by atoms with van der Waals surface area (Å²) in [4.78, 5) is 2.10. The Kier molecular flexibility index (Phi) is 3.87. The highest BCUT2D eigenvalue weighted by Gasteiger charge is 2.23. The largest absolute Gasteiger partial charge is 0.326 e. The molecule has 1 heterocycles. The fraction of sp³-hybridized carbons (Fsp3) is 0.636. The van der Waals surface area contributed by atoms with Crippen LogP contribution in [-0.4, -0.2) is 15.0 Å². The van der Waals surface area contributed by atoms with Crippen LogP contribution in [-0.2, 0) is 16.6 Å². The van der Waals surface area contributed by atoms with Crippen LogP contribution in [0.5, 0.6) is 0 Å². The number of hydrogen-bond acceptors (Lipinski definition) is 4. The molecule has 96 valence electrons. The Bertz CT molecular complexity index is 490. The second kappa shape index (κ2) is 5.06. The summed E-state index contributed by atoms with van der Waals surface area (Å²) < 4.78 is 26.7. The van der Waals surface area contributed by atoms with E-state index in [1.54, 1.807) is 6.07 Å². The summed E-state index contributed by atoms with van der Waals surface area (Å²) in [5.74, 6) is 0.737. The molecule has 0 radical (unpaired) electrons. The minimum atomic E-state index is -3.34. The molecule has 1 fully saturated rings. The quantitative estimate of drug-likeness (QED) is 0.827. The SMILES string of the molecule is Cc1sc(CN)cc1S(=O)(=O)NCCC1CC1. The molecule has 1 aliphatic rings. The predicted octanol–water partition coefficient (Wildman–Crippen LogP) is 1.59. The van der Waals surface area contributed by atoms with Crippen molar-refractivity contribution in [1.82, 2.24) is 4.72 Å². The van der Waals surface area contributed by atoms with E-state index in [1.165, 1.54) is 24.2 Å². The zero-order valence-corrected chi connectivity index (χ0v) is 11.5. The van der Waals surface area contributed by atoms with E-state index in [1.807, 2.05) is 6.92 Å². The van der Waals surface area contributed by atoms with Gasteiger partial charge in [0.2, 0.25) is 10.0 Å². The maximum absolute atomic E-state index is 12.0. The van der Waals surface area contributed by atoms with Crippen molar-refractivity contribution < 1.29 is 8.42 Å². The van der Waals surface area contributed by atoms with E-state index in [4.69, 9.17) is 5.73 Å². The van der Waals surface area contributed by atoms with Crippen LogP contribution in [0.1, 0.15) is 29.0 Å². The summed E-state index contributed by atoms with van der Waals surface area (Å²) in [7, 11) is -3.34. The molecule has 0 aromatic carbocycles. The highest BCUT2D eigenvalue weighted by Crippen LogP contribution is 2.32. The number of thiophene rings is 1. The molecule has 3 N–H and O–H groups in total. The van der Waals surface area contributed by atoms with E-state index in [9.17, 15) is 8.42 Å². The smallest absolute Gasteiger partial charge is 0.241 e. The standard InChI is InChI=1S/C11H18N2O2S2/c1-8-11(6-10(7-12)16-8)17(14,15)13-5-4-9-2-3-9/h6,9,13H,2-5,7,12H2,1H3. The van der Waals surface area contributed by atoms with E-state index >= 15 is 0 Å². The number of nitrogens with two attached hydrogens (primary N) is 1. The monoisotopic (exact) mass is 274 g/mol. The lowest BCUT2D eigenvalue weighted by Crippen LogP contribution is -2.25. The first-order valence-corrected chi connectivity index (χ1v) is 8.12. The number of rotatable bonds is 6. The lowest BCUT2D eigenvalue weighted by atomic mass is 10.3. The Labute approximate surface area is 106 Å². The van der Waals surface area contributed by atoms with Crippen LogP contribution in [0.15, 0.2) is 11.0 Å². The predicted molar refractivity (Wildman–Crippen MR) is 69.5 cm³/mol. The third kappa shape index (κ3) is 3.28. The van der Waals surface area contributed by atoms with Crippen LogP contribution >= 0.6 is 11.3 Å². The summed E-state index contributed by atoms with van der Waals surface area (Å²) in [5, 5.41) is 0. The molecule has 0 bridgehead atoms. The van der Waals surface area contributed by atoms with Gasteiger partial charge >= 0.3 is 0 Å². The van der Waals surface area contributed by atoms with Crippen molar-refractivity contribution in [2.45, 2.75) is 37.6 Å². The molecule has 17 heavy (non-hydrogen) atoms. The van der Waals surface area contributed by atoms with Gasteiger partial charge < -0.3 is 5.73 Å². The zero-order valence-electron chi connectivity index (χ0n) is 9.90. The molecule has 1 saturated carbocycles. The maximum atomic E-state index is 12.0. The van der Waals surface area contributed by atoms with Crippen molar-refractivity contribution in [3.8, 4) is 0 Å². The number of sulfonamides is 1. The van der Waals surface area contributed by atoms with Crippen LogP contribution in [0.25, 0.3) is 0 Å². The Balaban J connectivity index is 2.03. The molecule has 0 amide bonds. The molecule has 0 unspecified atom stereocenters. The third-order valence-corrected chi connectivity index (χ3v) is 5.74. The Morgan fingerprint density at radius 2 is 2.24 bits per heavy atom. The first-order valence-electron chi connectivity index (χ1n) is 5.82. The third-order valence-electron chi connectivity index (χ3n) is 2.96. The van der Waals surface area contributed by atoms with Gasteiger partial charge in [0.15, 0.2) is 0 Å². The van der Waals surface area contributed by atoms with Crippen LogP contribution in [0.3, 0.4) is 0 Å². The van der Waals surface area contributed by atoms with E-state index in [0.29, 0.717) is 18.0 Å². The summed E-state index contributed by atoms with van der Waals surface area (Å²) in [6.07, 6.45) is 3.44. The zero-order chi connectivity index (χ0) is 12.5. The van der Waals surface area contributed by atoms with E-state index in [0.717, 1.165) is 22.1 Å². The molecular formula is C11H18N2O2S2. The molecule has 4 nitrogen and oxygen atoms in total. The number of aryl methyl sites for hydroxylation is 1. The van der Waals surface area contributed by atoms with Crippen molar-refractivity contribution in [2.24, 2.45) is 11.7 Å². The second-order valence-corrected chi connectivity index (χ2v) is 7.54. The highest BCUT2D eigenvalue weighted by atomic mass is 32.2. The van der Waals surface area contributed by atoms with Crippen molar-refractivity contribution in [2.75, 3.05) is 6.54 Å². The first-order chi connectivity index (χ1) is 8.03. The lowest BCUT2D eigenvalue weighted by molar-refractivity contribution is 0.575. The molecular weight excluding hydrogens is 256 g/mol. The van der Waals surface area contributed by atoms with Gasteiger partial charge in [-0.3, -0.25) is 0 Å². The summed E-state index contributed by atoms with van der Waals surface area (Å²) in [5.41, 5.74) is 5.52. The van der Waals surface area contributed by atoms with Gasteiger partial charge in [-0.05, 0) is 25.3 Å². The molecule has 1 aliphatic carbocycles. The van der Waals surface area contributed by atoms with Crippen molar-refractivity contribution >= 4 is 21.4 Å². The van der Waals surface area contributed by atoms with E-state index < -0.39 is 10.0 Å². The normalized spacial score (nSPS) is 16.4. The fourth-order valence-corrected chi connectivity index (χ4v) is 4.33. The lowest BCUT2D eigenvalue weighted by Gasteiger charge is -2.05. The summed E-state index contributed by atoms with van der Waals surface area (Å²) in [6.45, 7) is 2.75. The van der Waals surface area contributed by atoms with Gasteiger partial charge in [0.25, 0.3) is 0 Å². The van der Waals surface area contributed by atoms with Crippen LogP contribution in [0.2, 0.25) is 0 Å². The van der Waals surface area contributed by atoms with Gasteiger partial charge in [-0.2, -0.15) is 0 Å². The van der Waals surface area contributed by atoms with Crippen molar-refractivity contribution in [1.29, 1.82) is 0 Å². The van der Waals surface area contributed by atoms with Crippen LogP contribution in [0.4, 0.5) is 0 Å². The average molecular weight is 274 g/mol. The maximum Gasteiger partial charge on any atom is 0.241 e. The minimum absolute atomic E-state index is 0.388. The van der Waals surface area contributed by atoms with Crippen LogP contribution in [0, 0.1) is 12.8 Å². The van der Waals surface area contributed by atoms with Gasteiger partial charge in [-0.15, -0.1) is 11.3 Å². The topological polar surface area (TPSA) is 72.2 Å². The van der Waals surface area contributed by atoms with Gasteiger partial charge in [0, 0.05) is 22.8 Å². The van der Waals surface area contributed by atoms with Crippen molar-refractivity contribution in [3.05, 3.63) is 15.8 Å².